The summed E-state index contributed by atoms with van der Waals surface area (Å²) >= 11 is 0. The fourth-order valence-electron chi connectivity index (χ4n) is 2.77. The second-order valence-electron chi connectivity index (χ2n) is 6.43. The Morgan fingerprint density at radius 3 is 2.32 bits per heavy atom. The molecule has 2 aliphatic carbocycles. The second kappa shape index (κ2) is 6.40. The predicted octanol–water partition coefficient (Wildman–Crippen LogP) is 1.84. The molecule has 0 aromatic heterocycles. The van der Waals surface area contributed by atoms with Gasteiger partial charge >= 0.3 is 0 Å². The molecule has 4 heteroatoms. The summed E-state index contributed by atoms with van der Waals surface area (Å²) in [7, 11) is 0. The van der Waals surface area contributed by atoms with E-state index < -0.39 is 0 Å². The summed E-state index contributed by atoms with van der Waals surface area (Å²) in [6.45, 7) is 4.84. The highest BCUT2D eigenvalue weighted by Gasteiger charge is 2.48. The van der Waals surface area contributed by atoms with E-state index >= 15 is 0 Å². The third-order valence-electron chi connectivity index (χ3n) is 4.10. The molecule has 108 valence electrons. The smallest absolute Gasteiger partial charge is 0.224 e. The van der Waals surface area contributed by atoms with E-state index in [0.29, 0.717) is 18.5 Å². The van der Waals surface area contributed by atoms with Gasteiger partial charge in [-0.3, -0.25) is 9.59 Å². The largest absolute Gasteiger partial charge is 0.356 e. The lowest BCUT2D eigenvalue weighted by Crippen LogP contribution is -2.38. The maximum Gasteiger partial charge on any atom is 0.224 e. The Hall–Kier alpha value is -1.06. The van der Waals surface area contributed by atoms with Crippen molar-refractivity contribution in [2.75, 3.05) is 6.54 Å². The van der Waals surface area contributed by atoms with Crippen molar-refractivity contribution in [2.45, 2.75) is 58.4 Å². The first-order valence-electron chi connectivity index (χ1n) is 7.66. The molecule has 2 rings (SSSR count). The van der Waals surface area contributed by atoms with Gasteiger partial charge in [0, 0.05) is 12.6 Å². The van der Waals surface area contributed by atoms with E-state index in [1.807, 2.05) is 0 Å². The SMILES string of the molecule is CC(C)CNC(=O)C1CC1C(=O)NC1CCCCC1. The Balaban J connectivity index is 1.69. The van der Waals surface area contributed by atoms with Gasteiger partial charge in [0.2, 0.25) is 11.8 Å². The van der Waals surface area contributed by atoms with Gasteiger partial charge in [-0.05, 0) is 25.2 Å². The minimum atomic E-state index is -0.0812. The van der Waals surface area contributed by atoms with E-state index in [1.54, 1.807) is 0 Å². The highest BCUT2D eigenvalue weighted by atomic mass is 16.2. The Kier molecular flexibility index (Phi) is 4.83. The van der Waals surface area contributed by atoms with E-state index in [2.05, 4.69) is 24.5 Å². The molecular weight excluding hydrogens is 240 g/mol. The van der Waals surface area contributed by atoms with Crippen molar-refractivity contribution in [1.82, 2.24) is 10.6 Å². The maximum absolute atomic E-state index is 12.0. The standard InChI is InChI=1S/C15H26N2O2/c1-10(2)9-16-14(18)12-8-13(12)15(19)17-11-6-4-3-5-7-11/h10-13H,3-9H2,1-2H3,(H,16,18)(H,17,19). The third kappa shape index (κ3) is 4.22. The quantitative estimate of drug-likeness (QED) is 0.798. The lowest BCUT2D eigenvalue weighted by molar-refractivity contribution is -0.127. The highest BCUT2D eigenvalue weighted by Crippen LogP contribution is 2.39. The summed E-state index contributed by atoms with van der Waals surface area (Å²) in [4.78, 5) is 23.9. The lowest BCUT2D eigenvalue weighted by atomic mass is 9.95. The van der Waals surface area contributed by atoms with Crippen molar-refractivity contribution < 1.29 is 9.59 Å². The number of carbonyl (C=O) groups is 2. The van der Waals surface area contributed by atoms with Crippen LogP contribution in [0.1, 0.15) is 52.4 Å². The van der Waals surface area contributed by atoms with Gasteiger partial charge in [0.1, 0.15) is 0 Å². The summed E-state index contributed by atoms with van der Waals surface area (Å²) in [5.74, 6) is 0.447. The zero-order valence-electron chi connectivity index (χ0n) is 12.1. The molecule has 2 N–H and O–H groups in total. The molecule has 2 saturated carbocycles. The number of hydrogen-bond acceptors (Lipinski definition) is 2. The van der Waals surface area contributed by atoms with Crippen LogP contribution in [-0.2, 0) is 9.59 Å². The summed E-state index contributed by atoms with van der Waals surface area (Å²) in [5, 5.41) is 6.03. The van der Waals surface area contributed by atoms with Gasteiger partial charge in [-0.25, -0.2) is 0 Å². The number of amides is 2. The normalized spacial score (nSPS) is 27.1. The minimum absolute atomic E-state index is 0.0532. The lowest BCUT2D eigenvalue weighted by Gasteiger charge is -2.22. The van der Waals surface area contributed by atoms with Gasteiger partial charge in [0.05, 0.1) is 11.8 Å². The Bertz CT molecular complexity index is 335. The van der Waals surface area contributed by atoms with Crippen molar-refractivity contribution in [3.63, 3.8) is 0 Å². The van der Waals surface area contributed by atoms with E-state index in [-0.39, 0.29) is 23.7 Å². The van der Waals surface area contributed by atoms with Crippen molar-refractivity contribution >= 4 is 11.8 Å². The molecule has 0 spiro atoms. The van der Waals surface area contributed by atoms with Crippen molar-refractivity contribution in [2.24, 2.45) is 17.8 Å². The molecule has 19 heavy (non-hydrogen) atoms. The van der Waals surface area contributed by atoms with Gasteiger partial charge < -0.3 is 10.6 Å². The van der Waals surface area contributed by atoms with Crippen LogP contribution < -0.4 is 10.6 Å². The molecule has 0 aromatic carbocycles. The fraction of sp³-hybridized carbons (Fsp3) is 0.867. The Morgan fingerprint density at radius 1 is 1.05 bits per heavy atom. The van der Waals surface area contributed by atoms with Crippen molar-refractivity contribution in [3.05, 3.63) is 0 Å². The van der Waals surface area contributed by atoms with Crippen LogP contribution in [0.25, 0.3) is 0 Å². The molecule has 0 heterocycles. The molecule has 0 saturated heterocycles. The molecule has 2 fully saturated rings. The van der Waals surface area contributed by atoms with Crippen LogP contribution in [0.5, 0.6) is 0 Å². The molecule has 0 radical (unpaired) electrons. The van der Waals surface area contributed by atoms with Gasteiger partial charge in [-0.2, -0.15) is 0 Å². The zero-order valence-corrected chi connectivity index (χ0v) is 12.1. The number of hydrogen-bond donors (Lipinski definition) is 2. The summed E-state index contributed by atoms with van der Waals surface area (Å²) < 4.78 is 0. The molecule has 2 unspecified atom stereocenters. The van der Waals surface area contributed by atoms with Crippen LogP contribution in [0.15, 0.2) is 0 Å². The summed E-state index contributed by atoms with van der Waals surface area (Å²) in [5.41, 5.74) is 0. The van der Waals surface area contributed by atoms with Crippen molar-refractivity contribution in [1.29, 1.82) is 0 Å². The molecule has 4 nitrogen and oxygen atoms in total. The van der Waals surface area contributed by atoms with Crippen LogP contribution >= 0.6 is 0 Å². The van der Waals surface area contributed by atoms with Crippen LogP contribution in [0, 0.1) is 17.8 Å². The van der Waals surface area contributed by atoms with E-state index in [4.69, 9.17) is 0 Å². The first-order valence-corrected chi connectivity index (χ1v) is 7.66. The van der Waals surface area contributed by atoms with E-state index in [0.717, 1.165) is 19.3 Å². The average Bonchev–Trinajstić information content (AvgIpc) is 3.17. The van der Waals surface area contributed by atoms with Crippen LogP contribution in [0.3, 0.4) is 0 Å². The molecule has 0 aliphatic heterocycles. The van der Waals surface area contributed by atoms with E-state index in [1.165, 1.54) is 19.3 Å². The number of nitrogens with one attached hydrogen (secondary N) is 2. The first kappa shape index (κ1) is 14.4. The van der Waals surface area contributed by atoms with Crippen LogP contribution in [0.2, 0.25) is 0 Å². The molecule has 0 aromatic rings. The Morgan fingerprint density at radius 2 is 1.68 bits per heavy atom. The highest BCUT2D eigenvalue weighted by molar-refractivity contribution is 5.92. The molecule has 0 bridgehead atoms. The fourth-order valence-corrected chi connectivity index (χ4v) is 2.77. The van der Waals surface area contributed by atoms with Gasteiger partial charge in [-0.15, -0.1) is 0 Å². The number of carbonyl (C=O) groups excluding carboxylic acids is 2. The van der Waals surface area contributed by atoms with Gasteiger partial charge in [-0.1, -0.05) is 33.1 Å². The number of rotatable bonds is 5. The summed E-state index contributed by atoms with van der Waals surface area (Å²) in [6, 6.07) is 0.348. The molecule has 2 amide bonds. The van der Waals surface area contributed by atoms with Crippen LogP contribution in [0.4, 0.5) is 0 Å². The average molecular weight is 266 g/mol. The second-order valence-corrected chi connectivity index (χ2v) is 6.43. The zero-order chi connectivity index (χ0) is 13.8. The van der Waals surface area contributed by atoms with Crippen molar-refractivity contribution in [3.8, 4) is 0 Å². The molecule has 2 atom stereocenters. The Labute approximate surface area is 115 Å². The van der Waals surface area contributed by atoms with Gasteiger partial charge in [0.15, 0.2) is 0 Å². The monoisotopic (exact) mass is 266 g/mol. The topological polar surface area (TPSA) is 58.2 Å². The third-order valence-corrected chi connectivity index (χ3v) is 4.10. The predicted molar refractivity (Wildman–Crippen MR) is 74.5 cm³/mol. The minimum Gasteiger partial charge on any atom is -0.356 e. The van der Waals surface area contributed by atoms with Gasteiger partial charge in [0.25, 0.3) is 0 Å². The molecule has 2 aliphatic rings. The maximum atomic E-state index is 12.0. The summed E-state index contributed by atoms with van der Waals surface area (Å²) in [6.07, 6.45) is 6.64. The first-order chi connectivity index (χ1) is 9.08. The van der Waals surface area contributed by atoms with Crippen LogP contribution in [-0.4, -0.2) is 24.4 Å². The molecular formula is C15H26N2O2. The van der Waals surface area contributed by atoms with E-state index in [9.17, 15) is 9.59 Å².